The summed E-state index contributed by atoms with van der Waals surface area (Å²) in [6.07, 6.45) is 2.94. The number of likely N-dealkylation sites (tertiary alicyclic amines) is 1. The molecule has 0 aromatic carbocycles. The average molecular weight is 295 g/mol. The van der Waals surface area contributed by atoms with Crippen molar-refractivity contribution in [3.8, 4) is 0 Å². The van der Waals surface area contributed by atoms with E-state index in [-0.39, 0.29) is 17.9 Å². The van der Waals surface area contributed by atoms with Gasteiger partial charge < -0.3 is 16.0 Å². The first-order valence-electron chi connectivity index (χ1n) is 7.00. The Balaban J connectivity index is 1.61. The maximum Gasteiger partial charge on any atom is 0.252 e. The average Bonchev–Trinajstić information content (AvgIpc) is 2.98. The lowest BCUT2D eigenvalue weighted by molar-refractivity contribution is -0.132. The maximum absolute atomic E-state index is 12.0. The molecule has 0 unspecified atom stereocenters. The molecular weight excluding hydrogens is 274 g/mol. The Kier molecular flexibility index (Phi) is 5.55. The number of carbonyl (C=O) groups is 2. The van der Waals surface area contributed by atoms with E-state index in [1.165, 1.54) is 11.3 Å². The number of hydrogen-bond acceptors (Lipinski definition) is 4. The highest BCUT2D eigenvalue weighted by molar-refractivity contribution is 7.08. The molecule has 0 spiro atoms. The van der Waals surface area contributed by atoms with Gasteiger partial charge in [0.1, 0.15) is 0 Å². The molecule has 0 radical (unpaired) electrons. The molecular formula is C14H21N3O2S. The zero-order chi connectivity index (χ0) is 14.4. The van der Waals surface area contributed by atoms with E-state index < -0.39 is 0 Å². The van der Waals surface area contributed by atoms with Crippen LogP contribution in [0.3, 0.4) is 0 Å². The second-order valence-electron chi connectivity index (χ2n) is 5.09. The number of rotatable bonds is 5. The van der Waals surface area contributed by atoms with Gasteiger partial charge in [0.25, 0.3) is 5.91 Å². The van der Waals surface area contributed by atoms with Crippen molar-refractivity contribution >= 4 is 23.2 Å². The molecule has 1 aromatic rings. The smallest absolute Gasteiger partial charge is 0.252 e. The van der Waals surface area contributed by atoms with Gasteiger partial charge in [-0.25, -0.2) is 0 Å². The molecule has 0 saturated carbocycles. The first kappa shape index (κ1) is 15.0. The van der Waals surface area contributed by atoms with E-state index in [9.17, 15) is 9.59 Å². The number of hydrogen-bond donors (Lipinski definition) is 2. The van der Waals surface area contributed by atoms with Gasteiger partial charge in [-0.3, -0.25) is 9.59 Å². The molecule has 20 heavy (non-hydrogen) atoms. The molecule has 1 saturated heterocycles. The normalized spacial score (nSPS) is 16.1. The van der Waals surface area contributed by atoms with Crippen molar-refractivity contribution in [1.29, 1.82) is 0 Å². The fourth-order valence-electron chi connectivity index (χ4n) is 2.24. The van der Waals surface area contributed by atoms with Crippen LogP contribution >= 0.6 is 11.3 Å². The van der Waals surface area contributed by atoms with Crippen LogP contribution in [0, 0.1) is 0 Å². The van der Waals surface area contributed by atoms with Gasteiger partial charge in [-0.05, 0) is 30.7 Å². The first-order chi connectivity index (χ1) is 9.66. The number of nitrogens with two attached hydrogens (primary N) is 1. The topological polar surface area (TPSA) is 75.4 Å². The number of carbonyl (C=O) groups excluding carboxylic acids is 2. The van der Waals surface area contributed by atoms with E-state index in [4.69, 9.17) is 5.73 Å². The summed E-state index contributed by atoms with van der Waals surface area (Å²) < 4.78 is 0. The standard InChI is InChI=1S/C14H21N3O2S/c15-12-3-7-17(8-4-12)13(18)2-1-6-16-14(19)11-5-9-20-10-11/h5,9-10,12H,1-4,6-8,15H2,(H,16,19). The zero-order valence-corrected chi connectivity index (χ0v) is 12.3. The highest BCUT2D eigenvalue weighted by atomic mass is 32.1. The van der Waals surface area contributed by atoms with Gasteiger partial charge in [-0.15, -0.1) is 0 Å². The van der Waals surface area contributed by atoms with Crippen LogP contribution in [0.1, 0.15) is 36.0 Å². The van der Waals surface area contributed by atoms with Gasteiger partial charge in [0.05, 0.1) is 0 Å². The van der Waals surface area contributed by atoms with Crippen molar-refractivity contribution in [2.75, 3.05) is 19.6 Å². The van der Waals surface area contributed by atoms with Crippen molar-refractivity contribution < 1.29 is 9.59 Å². The van der Waals surface area contributed by atoms with E-state index >= 15 is 0 Å². The Labute approximate surface area is 123 Å². The number of nitrogens with zero attached hydrogens (tertiary/aromatic N) is 1. The minimum absolute atomic E-state index is 0.0670. The van der Waals surface area contributed by atoms with Crippen LogP contribution in [-0.2, 0) is 4.79 Å². The summed E-state index contributed by atoms with van der Waals surface area (Å²) in [6.45, 7) is 2.07. The minimum Gasteiger partial charge on any atom is -0.352 e. The lowest BCUT2D eigenvalue weighted by Crippen LogP contribution is -2.43. The molecule has 2 rings (SSSR count). The van der Waals surface area contributed by atoms with Gasteiger partial charge in [-0.2, -0.15) is 11.3 Å². The predicted octanol–water partition coefficient (Wildman–Crippen LogP) is 1.21. The number of piperidine rings is 1. The summed E-state index contributed by atoms with van der Waals surface area (Å²) in [4.78, 5) is 25.5. The van der Waals surface area contributed by atoms with Crippen LogP contribution in [0.2, 0.25) is 0 Å². The number of amides is 2. The van der Waals surface area contributed by atoms with E-state index in [0.717, 1.165) is 25.9 Å². The van der Waals surface area contributed by atoms with Crippen LogP contribution < -0.4 is 11.1 Å². The summed E-state index contributed by atoms with van der Waals surface area (Å²) in [5.41, 5.74) is 6.50. The molecule has 2 amide bonds. The van der Waals surface area contributed by atoms with Gasteiger partial charge in [0.15, 0.2) is 0 Å². The van der Waals surface area contributed by atoms with Gasteiger partial charge in [0, 0.05) is 43.0 Å². The third-order valence-corrected chi connectivity index (χ3v) is 4.21. The Hall–Kier alpha value is -1.40. The molecule has 2 heterocycles. The number of thiophene rings is 1. The second-order valence-corrected chi connectivity index (χ2v) is 5.87. The minimum atomic E-state index is -0.0670. The zero-order valence-electron chi connectivity index (χ0n) is 11.5. The third kappa shape index (κ3) is 4.31. The van der Waals surface area contributed by atoms with Crippen molar-refractivity contribution in [1.82, 2.24) is 10.2 Å². The van der Waals surface area contributed by atoms with Crippen LogP contribution in [0.25, 0.3) is 0 Å². The maximum atomic E-state index is 12.0. The summed E-state index contributed by atoms with van der Waals surface area (Å²) in [5.74, 6) is 0.101. The molecule has 1 aliphatic heterocycles. The molecule has 1 fully saturated rings. The fraction of sp³-hybridized carbons (Fsp3) is 0.571. The molecule has 6 heteroatoms. The highest BCUT2D eigenvalue weighted by Crippen LogP contribution is 2.10. The SMILES string of the molecule is NC1CCN(C(=O)CCCNC(=O)c2ccsc2)CC1. The Morgan fingerprint density at radius 1 is 1.40 bits per heavy atom. The molecule has 1 aromatic heterocycles. The van der Waals surface area contributed by atoms with E-state index in [2.05, 4.69) is 5.32 Å². The molecule has 110 valence electrons. The number of nitrogens with one attached hydrogen (secondary N) is 1. The highest BCUT2D eigenvalue weighted by Gasteiger charge is 2.19. The molecule has 3 N–H and O–H groups in total. The molecule has 0 aliphatic carbocycles. The fourth-order valence-corrected chi connectivity index (χ4v) is 2.88. The summed E-state index contributed by atoms with van der Waals surface area (Å²) >= 11 is 1.50. The van der Waals surface area contributed by atoms with Crippen molar-refractivity contribution in [2.24, 2.45) is 5.73 Å². The lowest BCUT2D eigenvalue weighted by Gasteiger charge is -2.30. The summed E-state index contributed by atoms with van der Waals surface area (Å²) in [5, 5.41) is 6.52. The van der Waals surface area contributed by atoms with Crippen molar-refractivity contribution in [3.63, 3.8) is 0 Å². The van der Waals surface area contributed by atoms with E-state index in [0.29, 0.717) is 24.9 Å². The summed E-state index contributed by atoms with van der Waals surface area (Å²) in [6, 6.07) is 2.03. The van der Waals surface area contributed by atoms with Crippen LogP contribution in [0.5, 0.6) is 0 Å². The Bertz CT molecular complexity index is 439. The van der Waals surface area contributed by atoms with E-state index in [1.807, 2.05) is 15.7 Å². The van der Waals surface area contributed by atoms with Crippen LogP contribution in [0.4, 0.5) is 0 Å². The van der Waals surface area contributed by atoms with Gasteiger partial charge >= 0.3 is 0 Å². The Morgan fingerprint density at radius 3 is 2.80 bits per heavy atom. The Morgan fingerprint density at radius 2 is 2.15 bits per heavy atom. The first-order valence-corrected chi connectivity index (χ1v) is 7.95. The van der Waals surface area contributed by atoms with E-state index in [1.54, 1.807) is 6.07 Å². The van der Waals surface area contributed by atoms with Crippen molar-refractivity contribution in [2.45, 2.75) is 31.7 Å². The van der Waals surface area contributed by atoms with Crippen LogP contribution in [0.15, 0.2) is 16.8 Å². The summed E-state index contributed by atoms with van der Waals surface area (Å²) in [7, 11) is 0. The van der Waals surface area contributed by atoms with Crippen LogP contribution in [-0.4, -0.2) is 42.4 Å². The monoisotopic (exact) mass is 295 g/mol. The molecule has 5 nitrogen and oxygen atoms in total. The van der Waals surface area contributed by atoms with Gasteiger partial charge in [0.2, 0.25) is 5.91 Å². The largest absolute Gasteiger partial charge is 0.352 e. The quantitative estimate of drug-likeness (QED) is 0.802. The predicted molar refractivity (Wildman–Crippen MR) is 79.7 cm³/mol. The molecule has 1 aliphatic rings. The molecule has 0 atom stereocenters. The van der Waals surface area contributed by atoms with Gasteiger partial charge in [-0.1, -0.05) is 0 Å². The van der Waals surface area contributed by atoms with Crippen molar-refractivity contribution in [3.05, 3.63) is 22.4 Å². The molecule has 0 bridgehead atoms. The second kappa shape index (κ2) is 7.40. The third-order valence-electron chi connectivity index (χ3n) is 3.53. The lowest BCUT2D eigenvalue weighted by atomic mass is 10.1.